The lowest BCUT2D eigenvalue weighted by Crippen LogP contribution is -2.26. The summed E-state index contributed by atoms with van der Waals surface area (Å²) in [7, 11) is 0. The number of hydrogen-bond acceptors (Lipinski definition) is 5. The molecule has 29 heavy (non-hydrogen) atoms. The number of aryl methyl sites for hydroxylation is 1. The standard InChI is InChI=1S/C20H17N5O4/c1-12-2-4-14(5-3-12)20(27)24-10-16-17(11-24)22-23-18(16)21-19(26)13-6-8-15(9-7-13)25(28)29/h2-9H,10-11H2,1H3,(H2,21,22,23,26). The number of nitrogens with one attached hydrogen (secondary N) is 2. The maximum Gasteiger partial charge on any atom is 0.269 e. The molecule has 0 saturated carbocycles. The molecule has 3 aromatic rings. The number of rotatable bonds is 4. The Morgan fingerprint density at radius 1 is 1.07 bits per heavy atom. The fourth-order valence-corrected chi connectivity index (χ4v) is 3.18. The molecule has 0 saturated heterocycles. The van der Waals surface area contributed by atoms with Crippen LogP contribution in [0.1, 0.15) is 37.5 Å². The Hall–Kier alpha value is -4.01. The fourth-order valence-electron chi connectivity index (χ4n) is 3.18. The molecule has 0 aliphatic carbocycles. The van der Waals surface area contributed by atoms with Crippen molar-refractivity contribution in [2.45, 2.75) is 20.0 Å². The molecule has 2 amide bonds. The van der Waals surface area contributed by atoms with Crippen LogP contribution >= 0.6 is 0 Å². The summed E-state index contributed by atoms with van der Waals surface area (Å²) in [4.78, 5) is 37.0. The number of H-pyrrole nitrogens is 1. The van der Waals surface area contributed by atoms with Gasteiger partial charge in [0, 0.05) is 28.8 Å². The van der Waals surface area contributed by atoms with Crippen molar-refractivity contribution in [2.24, 2.45) is 0 Å². The quantitative estimate of drug-likeness (QED) is 0.523. The Morgan fingerprint density at radius 2 is 1.72 bits per heavy atom. The van der Waals surface area contributed by atoms with E-state index in [4.69, 9.17) is 0 Å². The maximum absolute atomic E-state index is 12.7. The molecular formula is C20H17N5O4. The second-order valence-corrected chi connectivity index (χ2v) is 6.81. The van der Waals surface area contributed by atoms with Crippen LogP contribution in [-0.2, 0) is 13.1 Å². The number of hydrogen-bond donors (Lipinski definition) is 2. The highest BCUT2D eigenvalue weighted by Gasteiger charge is 2.29. The number of amides is 2. The number of carbonyl (C=O) groups excluding carboxylic acids is 2. The first kappa shape index (κ1) is 18.4. The van der Waals surface area contributed by atoms with Gasteiger partial charge in [-0.2, -0.15) is 5.10 Å². The molecule has 1 aromatic heterocycles. The Morgan fingerprint density at radius 3 is 2.38 bits per heavy atom. The van der Waals surface area contributed by atoms with E-state index in [1.54, 1.807) is 17.0 Å². The molecule has 146 valence electrons. The number of nitro groups is 1. The highest BCUT2D eigenvalue weighted by molar-refractivity contribution is 6.04. The minimum Gasteiger partial charge on any atom is -0.328 e. The van der Waals surface area contributed by atoms with Gasteiger partial charge in [-0.15, -0.1) is 0 Å². The number of carbonyl (C=O) groups is 2. The number of benzene rings is 2. The summed E-state index contributed by atoms with van der Waals surface area (Å²) >= 11 is 0. The molecule has 2 N–H and O–H groups in total. The van der Waals surface area contributed by atoms with E-state index < -0.39 is 10.8 Å². The lowest BCUT2D eigenvalue weighted by atomic mass is 10.1. The second-order valence-electron chi connectivity index (χ2n) is 6.81. The van der Waals surface area contributed by atoms with E-state index in [1.165, 1.54) is 24.3 Å². The van der Waals surface area contributed by atoms with Crippen molar-refractivity contribution >= 4 is 23.3 Å². The average Bonchev–Trinajstić information content (AvgIpc) is 3.30. The van der Waals surface area contributed by atoms with E-state index in [9.17, 15) is 19.7 Å². The zero-order valence-electron chi connectivity index (χ0n) is 15.5. The lowest BCUT2D eigenvalue weighted by Gasteiger charge is -2.16. The van der Waals surface area contributed by atoms with Gasteiger partial charge in [-0.25, -0.2) is 0 Å². The van der Waals surface area contributed by atoms with Crippen molar-refractivity contribution in [1.29, 1.82) is 0 Å². The summed E-state index contributed by atoms with van der Waals surface area (Å²) in [6.07, 6.45) is 0. The maximum atomic E-state index is 12.7. The third-order valence-corrected chi connectivity index (χ3v) is 4.81. The van der Waals surface area contributed by atoms with E-state index in [1.807, 2.05) is 19.1 Å². The number of aromatic amines is 1. The Labute approximate surface area is 165 Å². The van der Waals surface area contributed by atoms with Gasteiger partial charge in [0.15, 0.2) is 5.82 Å². The molecule has 1 aliphatic heterocycles. The van der Waals surface area contributed by atoms with Gasteiger partial charge in [-0.05, 0) is 31.2 Å². The zero-order chi connectivity index (χ0) is 20.5. The summed E-state index contributed by atoms with van der Waals surface area (Å²) in [5.41, 5.74) is 3.38. The van der Waals surface area contributed by atoms with Crippen molar-refractivity contribution in [2.75, 3.05) is 5.32 Å². The number of aromatic nitrogens is 2. The number of nitrogens with zero attached hydrogens (tertiary/aromatic N) is 3. The Balaban J connectivity index is 1.47. The molecule has 0 fully saturated rings. The van der Waals surface area contributed by atoms with E-state index >= 15 is 0 Å². The molecular weight excluding hydrogens is 374 g/mol. The van der Waals surface area contributed by atoms with Gasteiger partial charge in [-0.1, -0.05) is 17.7 Å². The predicted molar refractivity (Wildman–Crippen MR) is 104 cm³/mol. The van der Waals surface area contributed by atoms with Crippen LogP contribution in [0.25, 0.3) is 0 Å². The first-order valence-corrected chi connectivity index (χ1v) is 8.90. The first-order chi connectivity index (χ1) is 13.9. The first-order valence-electron chi connectivity index (χ1n) is 8.90. The summed E-state index contributed by atoms with van der Waals surface area (Å²) in [5.74, 6) is -0.178. The predicted octanol–water partition coefficient (Wildman–Crippen LogP) is 3.03. The smallest absolute Gasteiger partial charge is 0.269 e. The largest absolute Gasteiger partial charge is 0.328 e. The topological polar surface area (TPSA) is 121 Å². The molecule has 1 aliphatic rings. The Kier molecular flexibility index (Phi) is 4.55. The van der Waals surface area contributed by atoms with Gasteiger partial charge >= 0.3 is 0 Å². The normalized spacial score (nSPS) is 12.5. The molecule has 0 unspecified atom stereocenters. The minimum absolute atomic E-state index is 0.0903. The van der Waals surface area contributed by atoms with E-state index in [2.05, 4.69) is 15.5 Å². The number of anilines is 1. The van der Waals surface area contributed by atoms with Gasteiger partial charge < -0.3 is 10.2 Å². The van der Waals surface area contributed by atoms with E-state index in [-0.39, 0.29) is 17.2 Å². The van der Waals surface area contributed by atoms with Gasteiger partial charge in [0.25, 0.3) is 17.5 Å². The average molecular weight is 391 g/mol. The van der Waals surface area contributed by atoms with Crippen LogP contribution in [-0.4, -0.2) is 31.8 Å². The zero-order valence-corrected chi connectivity index (χ0v) is 15.5. The van der Waals surface area contributed by atoms with Crippen molar-refractivity contribution in [1.82, 2.24) is 15.1 Å². The molecule has 0 bridgehead atoms. The molecule has 9 nitrogen and oxygen atoms in total. The third kappa shape index (κ3) is 3.57. The van der Waals surface area contributed by atoms with E-state index in [0.717, 1.165) is 16.8 Å². The van der Waals surface area contributed by atoms with Gasteiger partial charge in [0.2, 0.25) is 0 Å². The van der Waals surface area contributed by atoms with Crippen molar-refractivity contribution < 1.29 is 14.5 Å². The molecule has 2 heterocycles. The van der Waals surface area contributed by atoms with Crippen LogP contribution < -0.4 is 5.32 Å². The molecule has 0 atom stereocenters. The number of fused-ring (bicyclic) bond motifs is 1. The lowest BCUT2D eigenvalue weighted by molar-refractivity contribution is -0.384. The molecule has 0 radical (unpaired) electrons. The summed E-state index contributed by atoms with van der Waals surface area (Å²) < 4.78 is 0. The summed E-state index contributed by atoms with van der Waals surface area (Å²) in [6.45, 7) is 2.66. The summed E-state index contributed by atoms with van der Waals surface area (Å²) in [6, 6.07) is 12.7. The van der Waals surface area contributed by atoms with Crippen molar-refractivity contribution in [3.8, 4) is 0 Å². The highest BCUT2D eigenvalue weighted by atomic mass is 16.6. The Bertz CT molecular complexity index is 1100. The molecule has 0 spiro atoms. The van der Waals surface area contributed by atoms with Gasteiger partial charge in [0.05, 0.1) is 23.7 Å². The monoisotopic (exact) mass is 391 g/mol. The van der Waals surface area contributed by atoms with Gasteiger partial charge in [-0.3, -0.25) is 24.8 Å². The minimum atomic E-state index is -0.526. The van der Waals surface area contributed by atoms with Crippen LogP contribution in [0, 0.1) is 17.0 Å². The number of non-ortho nitro benzene ring substituents is 1. The van der Waals surface area contributed by atoms with Crippen LogP contribution in [0.5, 0.6) is 0 Å². The van der Waals surface area contributed by atoms with Crippen molar-refractivity contribution in [3.05, 3.63) is 86.6 Å². The van der Waals surface area contributed by atoms with Crippen LogP contribution in [0.2, 0.25) is 0 Å². The number of nitro benzene ring substituents is 1. The second kappa shape index (κ2) is 7.19. The molecule has 4 rings (SSSR count). The van der Waals surface area contributed by atoms with Crippen LogP contribution in [0.15, 0.2) is 48.5 Å². The third-order valence-electron chi connectivity index (χ3n) is 4.81. The molecule has 2 aromatic carbocycles. The van der Waals surface area contributed by atoms with Crippen LogP contribution in [0.4, 0.5) is 11.5 Å². The van der Waals surface area contributed by atoms with Gasteiger partial charge in [0.1, 0.15) is 0 Å². The fraction of sp³-hybridized carbons (Fsp3) is 0.150. The summed E-state index contributed by atoms with van der Waals surface area (Å²) in [5, 5.41) is 20.4. The SMILES string of the molecule is Cc1ccc(C(=O)N2Cc3[nH]nc(NC(=O)c4ccc([N+](=O)[O-])cc4)c3C2)cc1. The van der Waals surface area contributed by atoms with Crippen LogP contribution in [0.3, 0.4) is 0 Å². The van der Waals surface area contributed by atoms with Crippen molar-refractivity contribution in [3.63, 3.8) is 0 Å². The molecule has 9 heteroatoms. The highest BCUT2D eigenvalue weighted by Crippen LogP contribution is 2.28. The van der Waals surface area contributed by atoms with E-state index in [0.29, 0.717) is 24.5 Å².